The van der Waals surface area contributed by atoms with Crippen LogP contribution in [0.1, 0.15) is 30.9 Å². The van der Waals surface area contributed by atoms with Crippen molar-refractivity contribution in [2.75, 3.05) is 12.8 Å². The number of anilines is 1. The van der Waals surface area contributed by atoms with Crippen LogP contribution in [0.3, 0.4) is 0 Å². The summed E-state index contributed by atoms with van der Waals surface area (Å²) in [6, 6.07) is 6.05. The van der Waals surface area contributed by atoms with Gasteiger partial charge in [0.1, 0.15) is 11.6 Å². The zero-order chi connectivity index (χ0) is 13.3. The topological polar surface area (TPSA) is 63.9 Å². The molecule has 1 aromatic carbocycles. The Hall–Kier alpha value is -1.97. The molecular weight excluding hydrogens is 226 g/mol. The molecule has 2 aromatic rings. The van der Waals surface area contributed by atoms with Crippen molar-refractivity contribution in [2.45, 2.75) is 26.7 Å². The zero-order valence-electron chi connectivity index (χ0n) is 11.2. The third kappa shape index (κ3) is 2.18. The number of hydrogen-bond acceptors (Lipinski definition) is 3. The maximum Gasteiger partial charge on any atom is 0.145 e. The van der Waals surface area contributed by atoms with E-state index in [0.29, 0.717) is 11.7 Å². The summed E-state index contributed by atoms with van der Waals surface area (Å²) in [7, 11) is 1.71. The van der Waals surface area contributed by atoms with Crippen molar-refractivity contribution in [1.82, 2.24) is 10.2 Å². The van der Waals surface area contributed by atoms with Crippen LogP contribution < -0.4 is 10.5 Å². The molecule has 0 aliphatic carbocycles. The van der Waals surface area contributed by atoms with Gasteiger partial charge in [0, 0.05) is 11.6 Å². The quantitative estimate of drug-likeness (QED) is 0.873. The monoisotopic (exact) mass is 245 g/mol. The summed E-state index contributed by atoms with van der Waals surface area (Å²) in [6.07, 6.45) is 0. The van der Waals surface area contributed by atoms with Gasteiger partial charge in [0.05, 0.1) is 12.8 Å². The van der Waals surface area contributed by atoms with Crippen molar-refractivity contribution in [3.63, 3.8) is 0 Å². The van der Waals surface area contributed by atoms with Crippen molar-refractivity contribution in [3.8, 4) is 17.0 Å². The summed E-state index contributed by atoms with van der Waals surface area (Å²) in [5.74, 6) is 1.87. The van der Waals surface area contributed by atoms with E-state index in [1.807, 2.05) is 13.0 Å². The number of nitrogens with one attached hydrogen (secondary N) is 1. The highest BCUT2D eigenvalue weighted by Crippen LogP contribution is 2.34. The molecule has 0 atom stereocenters. The molecule has 0 unspecified atom stereocenters. The molecule has 0 fully saturated rings. The van der Waals surface area contributed by atoms with E-state index in [9.17, 15) is 0 Å². The lowest BCUT2D eigenvalue weighted by Crippen LogP contribution is -1.98. The standard InChI is InChI=1S/C14H19N3O/c1-8(2)11-6-10(5-9(3)14(11)18-4)12-7-13(15)17-16-12/h5-8H,1-4H3,(H3,15,16,17). The summed E-state index contributed by atoms with van der Waals surface area (Å²) in [5.41, 5.74) is 9.97. The molecule has 1 aromatic heterocycles. The highest BCUT2D eigenvalue weighted by atomic mass is 16.5. The van der Waals surface area contributed by atoms with Gasteiger partial charge in [-0.15, -0.1) is 0 Å². The van der Waals surface area contributed by atoms with Crippen molar-refractivity contribution in [1.29, 1.82) is 0 Å². The van der Waals surface area contributed by atoms with Gasteiger partial charge in [-0.3, -0.25) is 5.10 Å². The lowest BCUT2D eigenvalue weighted by atomic mass is 9.95. The molecule has 3 N–H and O–H groups in total. The minimum absolute atomic E-state index is 0.402. The molecule has 0 saturated carbocycles. The maximum atomic E-state index is 5.64. The second kappa shape index (κ2) is 4.72. The van der Waals surface area contributed by atoms with Gasteiger partial charge < -0.3 is 10.5 Å². The number of benzene rings is 1. The van der Waals surface area contributed by atoms with Crippen LogP contribution in [-0.4, -0.2) is 17.3 Å². The lowest BCUT2D eigenvalue weighted by molar-refractivity contribution is 0.404. The van der Waals surface area contributed by atoms with Crippen LogP contribution in [0.5, 0.6) is 5.75 Å². The number of methoxy groups -OCH3 is 1. The van der Waals surface area contributed by atoms with Crippen molar-refractivity contribution < 1.29 is 4.74 Å². The summed E-state index contributed by atoms with van der Waals surface area (Å²) >= 11 is 0. The molecule has 2 rings (SSSR count). The summed E-state index contributed by atoms with van der Waals surface area (Å²) in [4.78, 5) is 0. The molecule has 0 radical (unpaired) electrons. The predicted octanol–water partition coefficient (Wildman–Crippen LogP) is 3.10. The van der Waals surface area contributed by atoms with Gasteiger partial charge >= 0.3 is 0 Å². The van der Waals surface area contributed by atoms with Crippen LogP contribution in [0.15, 0.2) is 18.2 Å². The van der Waals surface area contributed by atoms with Gasteiger partial charge in [0.15, 0.2) is 0 Å². The molecule has 1 heterocycles. The first-order valence-corrected chi connectivity index (χ1v) is 6.02. The fourth-order valence-electron chi connectivity index (χ4n) is 2.15. The van der Waals surface area contributed by atoms with E-state index in [0.717, 1.165) is 22.6 Å². The Balaban J connectivity index is 2.57. The molecule has 0 aliphatic heterocycles. The normalized spacial score (nSPS) is 10.9. The largest absolute Gasteiger partial charge is 0.496 e. The second-order valence-corrected chi connectivity index (χ2v) is 4.78. The number of nitrogens with zero attached hydrogens (tertiary/aromatic N) is 1. The van der Waals surface area contributed by atoms with E-state index >= 15 is 0 Å². The average molecular weight is 245 g/mol. The van der Waals surface area contributed by atoms with E-state index in [4.69, 9.17) is 10.5 Å². The summed E-state index contributed by atoms with van der Waals surface area (Å²) in [6.45, 7) is 6.36. The van der Waals surface area contributed by atoms with Crippen LogP contribution in [0.25, 0.3) is 11.3 Å². The number of H-pyrrole nitrogens is 1. The first-order chi connectivity index (χ1) is 8.52. The van der Waals surface area contributed by atoms with Gasteiger partial charge in [-0.25, -0.2) is 0 Å². The minimum Gasteiger partial charge on any atom is -0.496 e. The van der Waals surface area contributed by atoms with Crippen LogP contribution in [0.4, 0.5) is 5.82 Å². The summed E-state index contributed by atoms with van der Waals surface area (Å²) in [5, 5.41) is 6.90. The molecule has 0 amide bonds. The molecule has 0 bridgehead atoms. The number of ether oxygens (including phenoxy) is 1. The number of aromatic amines is 1. The van der Waals surface area contributed by atoms with E-state index in [1.165, 1.54) is 5.56 Å². The number of rotatable bonds is 3. The predicted molar refractivity (Wildman–Crippen MR) is 73.8 cm³/mol. The third-order valence-electron chi connectivity index (χ3n) is 3.04. The fraction of sp³-hybridized carbons (Fsp3) is 0.357. The average Bonchev–Trinajstić information content (AvgIpc) is 2.74. The second-order valence-electron chi connectivity index (χ2n) is 4.78. The first kappa shape index (κ1) is 12.5. The summed E-state index contributed by atoms with van der Waals surface area (Å²) < 4.78 is 5.48. The molecule has 4 heteroatoms. The van der Waals surface area contributed by atoms with Crippen molar-refractivity contribution in [2.24, 2.45) is 0 Å². The van der Waals surface area contributed by atoms with Crippen molar-refractivity contribution >= 4 is 5.82 Å². The lowest BCUT2D eigenvalue weighted by Gasteiger charge is -2.16. The molecule has 4 nitrogen and oxygen atoms in total. The Bertz CT molecular complexity index is 558. The minimum atomic E-state index is 0.402. The zero-order valence-corrected chi connectivity index (χ0v) is 11.2. The number of nitrogen functional groups attached to an aromatic ring is 1. The first-order valence-electron chi connectivity index (χ1n) is 6.02. The number of hydrogen-bond donors (Lipinski definition) is 2. The Morgan fingerprint density at radius 3 is 2.50 bits per heavy atom. The van der Waals surface area contributed by atoms with Crippen LogP contribution in [-0.2, 0) is 0 Å². The molecular formula is C14H19N3O. The molecule has 0 saturated heterocycles. The smallest absolute Gasteiger partial charge is 0.145 e. The van der Waals surface area contributed by atoms with Gasteiger partial charge in [0.2, 0.25) is 0 Å². The SMILES string of the molecule is COc1c(C)cc(-c2cc(N)n[nH]2)cc1C(C)C. The van der Waals surface area contributed by atoms with Crippen molar-refractivity contribution in [3.05, 3.63) is 29.3 Å². The van der Waals surface area contributed by atoms with Crippen LogP contribution >= 0.6 is 0 Å². The van der Waals surface area contributed by atoms with Crippen LogP contribution in [0.2, 0.25) is 0 Å². The number of nitrogens with two attached hydrogens (primary N) is 1. The van der Waals surface area contributed by atoms with E-state index in [1.54, 1.807) is 7.11 Å². The van der Waals surface area contributed by atoms with E-state index < -0.39 is 0 Å². The molecule has 96 valence electrons. The molecule has 18 heavy (non-hydrogen) atoms. The number of aryl methyl sites for hydroxylation is 1. The Morgan fingerprint density at radius 2 is 2.00 bits per heavy atom. The Kier molecular flexibility index (Phi) is 3.28. The molecule has 0 spiro atoms. The highest BCUT2D eigenvalue weighted by Gasteiger charge is 2.13. The van der Waals surface area contributed by atoms with Gasteiger partial charge in [-0.1, -0.05) is 13.8 Å². The van der Waals surface area contributed by atoms with E-state index in [-0.39, 0.29) is 0 Å². The van der Waals surface area contributed by atoms with Crippen LogP contribution in [0, 0.1) is 6.92 Å². The third-order valence-corrected chi connectivity index (χ3v) is 3.04. The Morgan fingerprint density at radius 1 is 1.28 bits per heavy atom. The van der Waals surface area contributed by atoms with E-state index in [2.05, 4.69) is 36.2 Å². The van der Waals surface area contributed by atoms with Gasteiger partial charge in [-0.2, -0.15) is 5.10 Å². The maximum absolute atomic E-state index is 5.64. The Labute approximate surface area is 107 Å². The van der Waals surface area contributed by atoms with Gasteiger partial charge in [0.25, 0.3) is 0 Å². The molecule has 0 aliphatic rings. The fourth-order valence-corrected chi connectivity index (χ4v) is 2.15. The number of aromatic nitrogens is 2. The van der Waals surface area contributed by atoms with Gasteiger partial charge in [-0.05, 0) is 36.1 Å². The highest BCUT2D eigenvalue weighted by molar-refractivity contribution is 5.66.